The Hall–Kier alpha value is -7.40. The number of rotatable bonds is 20. The van der Waals surface area contributed by atoms with Crippen molar-refractivity contribution in [2.24, 2.45) is 0 Å². The molecule has 4 aliphatic rings. The predicted molar refractivity (Wildman–Crippen MR) is 348 cm³/mol. The molecule has 2 aliphatic carbocycles. The molecule has 0 N–H and O–H groups in total. The highest BCUT2D eigenvalue weighted by Crippen LogP contribution is 2.62. The van der Waals surface area contributed by atoms with E-state index in [-0.39, 0.29) is 23.1 Å². The fourth-order valence-corrected chi connectivity index (χ4v) is 18.1. The van der Waals surface area contributed by atoms with E-state index in [0.717, 1.165) is 68.0 Å². The molecule has 0 atom stereocenters. The molecule has 4 aromatic heterocycles. The van der Waals surface area contributed by atoms with E-state index in [9.17, 15) is 10.1 Å². The molecule has 2 aliphatic heterocycles. The van der Waals surface area contributed by atoms with Crippen LogP contribution in [0.5, 0.6) is 23.0 Å². The lowest BCUT2D eigenvalue weighted by Crippen LogP contribution is -2.18. The van der Waals surface area contributed by atoms with Gasteiger partial charge in [0, 0.05) is 53.5 Å². The predicted octanol–water partition coefficient (Wildman–Crippen LogP) is 20.5. The van der Waals surface area contributed by atoms with Crippen LogP contribution in [0.25, 0.3) is 68.0 Å². The minimum atomic E-state index is -0.145. The Kier molecular flexibility index (Phi) is 15.4. The Balaban J connectivity index is 0.902. The number of carbonyl (C=O) groups excluding carboxylic acids is 1. The molecule has 0 saturated carbocycles. The van der Waals surface area contributed by atoms with Crippen LogP contribution in [0.15, 0.2) is 127 Å². The summed E-state index contributed by atoms with van der Waals surface area (Å²) in [6, 6.07) is 48.4. The van der Waals surface area contributed by atoms with E-state index in [4.69, 9.17) is 23.7 Å². The lowest BCUT2D eigenvalue weighted by molar-refractivity contribution is -0.124. The van der Waals surface area contributed by atoms with Gasteiger partial charge < -0.3 is 28.6 Å². The highest BCUT2D eigenvalue weighted by molar-refractivity contribution is 7.29. The van der Waals surface area contributed by atoms with Crippen LogP contribution in [0, 0.1) is 11.3 Å². The van der Waals surface area contributed by atoms with Gasteiger partial charge in [-0.15, -0.1) is 45.3 Å². The van der Waals surface area contributed by atoms with E-state index in [1.54, 1.807) is 11.3 Å². The van der Waals surface area contributed by atoms with E-state index < -0.39 is 0 Å². The summed E-state index contributed by atoms with van der Waals surface area (Å²) in [5, 5.41) is 9.76. The van der Waals surface area contributed by atoms with Crippen molar-refractivity contribution in [1.29, 1.82) is 5.26 Å². The van der Waals surface area contributed by atoms with Crippen LogP contribution in [-0.4, -0.2) is 32.9 Å². The number of thiophene rings is 4. The number of hydrogen-bond acceptors (Lipinski definition) is 12. The second-order valence-electron chi connectivity index (χ2n) is 23.3. The van der Waals surface area contributed by atoms with Gasteiger partial charge >= 0.3 is 0 Å². The van der Waals surface area contributed by atoms with Gasteiger partial charge in [0.2, 0.25) is 5.76 Å². The second-order valence-corrected chi connectivity index (χ2v) is 27.5. The first kappa shape index (κ1) is 55.8. The number of aryl methyl sites for hydroxylation is 2. The van der Waals surface area contributed by atoms with Crippen molar-refractivity contribution in [1.82, 2.24) is 0 Å². The molecule has 12 heteroatoms. The SMILES string of the molecule is CCCCCCc1cc(-c2sc(-c3sc(-c4sc(C=C(C#N)OC=O)c5c4OCCO5)c4c3OCCO4)cc2CCCCCC)sc1-c1ccc(N(c2ccc3c(c2)C(C)(C)c2ccccc2-3)c2ccc3c(c2)C(C)(C)c2ccccc2-3)cc1. The number of nitriles is 1. The van der Waals surface area contributed by atoms with Gasteiger partial charge in [-0.3, -0.25) is 4.79 Å². The van der Waals surface area contributed by atoms with Gasteiger partial charge in [-0.1, -0.05) is 153 Å². The molecule has 6 heterocycles. The maximum Gasteiger partial charge on any atom is 0.299 e. The van der Waals surface area contributed by atoms with Crippen molar-refractivity contribution in [3.05, 3.63) is 165 Å². The Morgan fingerprint density at radius 2 is 1.00 bits per heavy atom. The van der Waals surface area contributed by atoms with Crippen LogP contribution in [0.3, 0.4) is 0 Å². The summed E-state index contributed by atoms with van der Waals surface area (Å²) in [6.45, 7) is 15.9. The van der Waals surface area contributed by atoms with Crippen molar-refractivity contribution in [3.8, 4) is 91.0 Å². The normalized spacial score (nSPS) is 14.8. The second kappa shape index (κ2) is 23.2. The molecule has 0 spiro atoms. The average Bonchev–Trinajstić information content (AvgIpc) is 2.61. The lowest BCUT2D eigenvalue weighted by atomic mass is 9.82. The number of anilines is 3. The summed E-state index contributed by atoms with van der Waals surface area (Å²) in [5.74, 6) is 2.40. The lowest BCUT2D eigenvalue weighted by Gasteiger charge is -2.30. The molecule has 0 radical (unpaired) electrons. The topological polar surface area (TPSA) is 90.2 Å². The van der Waals surface area contributed by atoms with Crippen LogP contribution < -0.4 is 23.8 Å². The largest absolute Gasteiger partial charge is 0.485 e. The van der Waals surface area contributed by atoms with Gasteiger partial charge in [0.05, 0.1) is 19.5 Å². The summed E-state index contributed by atoms with van der Waals surface area (Å²) in [6.07, 6.45) is 13.0. The van der Waals surface area contributed by atoms with Gasteiger partial charge in [0.15, 0.2) is 23.0 Å². The van der Waals surface area contributed by atoms with Crippen LogP contribution in [0.1, 0.15) is 131 Å². The number of fused-ring (bicyclic) bond motifs is 8. The van der Waals surface area contributed by atoms with Crippen molar-refractivity contribution in [2.45, 2.75) is 117 Å². The van der Waals surface area contributed by atoms with Crippen LogP contribution in [0.4, 0.5) is 17.1 Å². The average molecular weight is 1190 g/mol. The summed E-state index contributed by atoms with van der Waals surface area (Å²) in [5.41, 5.74) is 17.9. The summed E-state index contributed by atoms with van der Waals surface area (Å²) < 4.78 is 30.5. The Bertz CT molecular complexity index is 3940. The molecule has 0 saturated heterocycles. The van der Waals surface area contributed by atoms with Crippen molar-refractivity contribution >= 4 is 75.0 Å². The van der Waals surface area contributed by atoms with E-state index >= 15 is 0 Å². The third kappa shape index (κ3) is 9.94. The molecule has 5 aromatic carbocycles. The van der Waals surface area contributed by atoms with Crippen LogP contribution in [-0.2, 0) is 33.2 Å². The Labute approximate surface area is 509 Å². The molecule has 0 unspecified atom stereocenters. The molecule has 426 valence electrons. The molecule has 0 fully saturated rings. The number of allylic oxidation sites excluding steroid dienone is 1. The van der Waals surface area contributed by atoms with Crippen LogP contribution >= 0.6 is 45.3 Å². The Morgan fingerprint density at radius 3 is 1.56 bits per heavy atom. The third-order valence-electron chi connectivity index (χ3n) is 17.3. The number of unbranched alkanes of at least 4 members (excludes halogenated alkanes) is 6. The van der Waals surface area contributed by atoms with E-state index in [1.807, 2.05) is 28.7 Å². The molecule has 84 heavy (non-hydrogen) atoms. The first-order valence-electron chi connectivity index (χ1n) is 29.7. The van der Waals surface area contributed by atoms with Crippen molar-refractivity contribution in [2.75, 3.05) is 31.3 Å². The van der Waals surface area contributed by atoms with E-state index in [2.05, 4.69) is 168 Å². The zero-order valence-electron chi connectivity index (χ0n) is 48.6. The van der Waals surface area contributed by atoms with Crippen molar-refractivity contribution < 1.29 is 28.5 Å². The fourth-order valence-electron chi connectivity index (χ4n) is 13.0. The van der Waals surface area contributed by atoms with E-state index in [0.29, 0.717) is 48.6 Å². The monoisotopic (exact) mass is 1180 g/mol. The van der Waals surface area contributed by atoms with E-state index in [1.165, 1.54) is 132 Å². The molecule has 8 nitrogen and oxygen atoms in total. The maximum absolute atomic E-state index is 11.3. The first-order valence-corrected chi connectivity index (χ1v) is 33.0. The molecule has 0 bridgehead atoms. The van der Waals surface area contributed by atoms with Gasteiger partial charge in [0.1, 0.15) is 32.5 Å². The number of hydrogen-bond donors (Lipinski definition) is 0. The standard InChI is InChI=1S/C72H68N2O6S4/c1-7-9-11-13-19-45-37-60(67-46(20-14-12-10-8-2)38-61(83-67)68-64-65(79-36-35-78-64)70(84-68)69-63-62(76-33-34-77-63)59(81-69)41-50(42-73)80-43-75)82-66(45)44-25-27-47(28-26-44)74(48-29-31-53-51-21-15-17-23-55(51)71(3,4)57(53)39-48)49-30-32-54-52-22-16-18-24-56(52)72(5,6)58(54)40-49/h15-18,21-32,37-41,43H,7-14,19-20,33-36H2,1-6H3. The molecule has 13 rings (SSSR count). The summed E-state index contributed by atoms with van der Waals surface area (Å²) in [7, 11) is 0. The molecule has 0 amide bonds. The third-order valence-corrected chi connectivity index (χ3v) is 22.5. The minimum Gasteiger partial charge on any atom is -0.485 e. The molecular weight excluding hydrogens is 1120 g/mol. The zero-order chi connectivity index (χ0) is 57.7. The van der Waals surface area contributed by atoms with Gasteiger partial charge in [-0.05, 0) is 135 Å². The highest BCUT2D eigenvalue weighted by Gasteiger charge is 2.39. The summed E-state index contributed by atoms with van der Waals surface area (Å²) in [4.78, 5) is 22.2. The van der Waals surface area contributed by atoms with Crippen molar-refractivity contribution in [3.63, 3.8) is 0 Å². The first-order chi connectivity index (χ1) is 41.0. The Morgan fingerprint density at radius 1 is 0.524 bits per heavy atom. The number of ether oxygens (including phenoxy) is 5. The highest BCUT2D eigenvalue weighted by atomic mass is 32.1. The number of nitrogens with zero attached hydrogens (tertiary/aromatic N) is 2. The number of benzene rings is 5. The summed E-state index contributed by atoms with van der Waals surface area (Å²) >= 11 is 6.84. The maximum atomic E-state index is 11.3. The fraction of sp³-hybridized carbons (Fsp3) is 0.306. The minimum absolute atomic E-state index is 0.130. The molecular formula is C72H68N2O6S4. The van der Waals surface area contributed by atoms with Gasteiger partial charge in [-0.25, -0.2) is 0 Å². The number of carbonyl (C=O) groups is 1. The zero-order valence-corrected chi connectivity index (χ0v) is 51.8. The smallest absolute Gasteiger partial charge is 0.299 e. The van der Waals surface area contributed by atoms with Gasteiger partial charge in [-0.2, -0.15) is 5.26 Å². The van der Waals surface area contributed by atoms with Gasteiger partial charge in [0.25, 0.3) is 6.47 Å². The van der Waals surface area contributed by atoms with Crippen LogP contribution in [0.2, 0.25) is 0 Å². The molecule has 9 aromatic rings. The quantitative estimate of drug-likeness (QED) is 0.0323.